The summed E-state index contributed by atoms with van der Waals surface area (Å²) in [5.74, 6) is 0.0737. The van der Waals surface area contributed by atoms with E-state index >= 15 is 0 Å². The van der Waals surface area contributed by atoms with Gasteiger partial charge in [-0.1, -0.05) is 11.6 Å². The number of benzene rings is 1. The monoisotopic (exact) mass is 288 g/mol. The SMILES string of the molecule is COc1cc(C(F)(F)F)ccc1-c1cc(Cl)ncn1. The molecular weight excluding hydrogens is 281 g/mol. The zero-order chi connectivity index (χ0) is 14.0. The number of aromatic nitrogens is 2. The fraction of sp³-hybridized carbons (Fsp3) is 0.167. The molecule has 19 heavy (non-hydrogen) atoms. The van der Waals surface area contributed by atoms with E-state index in [4.69, 9.17) is 16.3 Å². The average molecular weight is 289 g/mol. The molecule has 0 bridgehead atoms. The molecule has 0 unspecified atom stereocenters. The lowest BCUT2D eigenvalue weighted by atomic mass is 10.1. The number of halogens is 4. The van der Waals surface area contributed by atoms with E-state index in [9.17, 15) is 13.2 Å². The summed E-state index contributed by atoms with van der Waals surface area (Å²) < 4.78 is 42.8. The molecule has 0 amide bonds. The van der Waals surface area contributed by atoms with E-state index in [0.717, 1.165) is 12.1 Å². The van der Waals surface area contributed by atoms with E-state index in [-0.39, 0.29) is 10.9 Å². The Bertz CT molecular complexity index is 602. The van der Waals surface area contributed by atoms with Crippen molar-refractivity contribution in [3.05, 3.63) is 41.3 Å². The number of hydrogen-bond acceptors (Lipinski definition) is 3. The Hall–Kier alpha value is -1.82. The van der Waals surface area contributed by atoms with E-state index < -0.39 is 11.7 Å². The van der Waals surface area contributed by atoms with E-state index in [1.807, 2.05) is 0 Å². The molecule has 3 nitrogen and oxygen atoms in total. The highest BCUT2D eigenvalue weighted by Crippen LogP contribution is 2.36. The van der Waals surface area contributed by atoms with Crippen molar-refractivity contribution in [1.82, 2.24) is 9.97 Å². The van der Waals surface area contributed by atoms with E-state index in [2.05, 4.69) is 9.97 Å². The van der Waals surface area contributed by atoms with Gasteiger partial charge in [0.05, 0.1) is 18.4 Å². The van der Waals surface area contributed by atoms with Crippen LogP contribution < -0.4 is 4.74 Å². The molecule has 0 fully saturated rings. The summed E-state index contributed by atoms with van der Waals surface area (Å²) in [4.78, 5) is 7.66. The Morgan fingerprint density at radius 3 is 2.47 bits per heavy atom. The molecule has 2 aromatic rings. The Kier molecular flexibility index (Phi) is 3.61. The summed E-state index contributed by atoms with van der Waals surface area (Å²) in [6, 6.07) is 4.63. The first-order chi connectivity index (χ1) is 8.91. The average Bonchev–Trinajstić information content (AvgIpc) is 2.37. The Morgan fingerprint density at radius 1 is 1.16 bits per heavy atom. The van der Waals surface area contributed by atoms with Crippen LogP contribution in [0.25, 0.3) is 11.3 Å². The van der Waals surface area contributed by atoms with Gasteiger partial charge in [-0.25, -0.2) is 9.97 Å². The Morgan fingerprint density at radius 2 is 1.89 bits per heavy atom. The third-order valence-corrected chi connectivity index (χ3v) is 2.65. The quantitative estimate of drug-likeness (QED) is 0.788. The minimum atomic E-state index is -4.42. The van der Waals surface area contributed by atoms with Crippen molar-refractivity contribution < 1.29 is 17.9 Å². The summed E-state index contributed by atoms with van der Waals surface area (Å²) in [6.07, 6.45) is -3.19. The van der Waals surface area contributed by atoms with Crippen LogP contribution in [0.1, 0.15) is 5.56 Å². The van der Waals surface area contributed by atoms with Crippen LogP contribution in [0.2, 0.25) is 5.15 Å². The maximum Gasteiger partial charge on any atom is 0.416 e. The first kappa shape index (κ1) is 13.6. The second-order valence-electron chi connectivity index (χ2n) is 3.64. The lowest BCUT2D eigenvalue weighted by Gasteiger charge is -2.12. The van der Waals surface area contributed by atoms with Crippen LogP contribution in [0.5, 0.6) is 5.75 Å². The van der Waals surface area contributed by atoms with Crippen molar-refractivity contribution in [3.63, 3.8) is 0 Å². The van der Waals surface area contributed by atoms with Crippen molar-refractivity contribution in [2.24, 2.45) is 0 Å². The minimum absolute atomic E-state index is 0.0737. The smallest absolute Gasteiger partial charge is 0.416 e. The third-order valence-electron chi connectivity index (χ3n) is 2.44. The van der Waals surface area contributed by atoms with Crippen molar-refractivity contribution in [2.45, 2.75) is 6.18 Å². The maximum atomic E-state index is 12.6. The summed E-state index contributed by atoms with van der Waals surface area (Å²) in [5, 5.41) is 0.201. The van der Waals surface area contributed by atoms with Gasteiger partial charge >= 0.3 is 6.18 Å². The summed E-state index contributed by atoms with van der Waals surface area (Å²) >= 11 is 5.72. The molecule has 0 saturated carbocycles. The Labute approximate surface area is 112 Å². The van der Waals surface area contributed by atoms with Crippen LogP contribution in [-0.4, -0.2) is 17.1 Å². The number of nitrogens with zero attached hydrogens (tertiary/aromatic N) is 2. The van der Waals surface area contributed by atoms with Gasteiger partial charge in [-0.15, -0.1) is 0 Å². The van der Waals surface area contributed by atoms with Crippen LogP contribution >= 0.6 is 11.6 Å². The molecule has 0 spiro atoms. The zero-order valence-corrected chi connectivity index (χ0v) is 10.5. The van der Waals surface area contributed by atoms with Crippen molar-refractivity contribution in [1.29, 1.82) is 0 Å². The van der Waals surface area contributed by atoms with Crippen molar-refractivity contribution in [2.75, 3.05) is 7.11 Å². The summed E-state index contributed by atoms with van der Waals surface area (Å²) in [6.45, 7) is 0. The van der Waals surface area contributed by atoms with Gasteiger partial charge in [-0.05, 0) is 18.2 Å². The maximum absolute atomic E-state index is 12.6. The standard InChI is InChI=1S/C12H8ClF3N2O/c1-19-10-4-7(12(14,15)16)2-3-8(10)9-5-11(13)18-6-17-9/h2-6H,1H3. The summed E-state index contributed by atoms with van der Waals surface area (Å²) in [5.41, 5.74) is 0.0265. The molecule has 0 aliphatic rings. The number of alkyl halides is 3. The van der Waals surface area contributed by atoms with Crippen molar-refractivity contribution in [3.8, 4) is 17.0 Å². The minimum Gasteiger partial charge on any atom is -0.496 e. The number of ether oxygens (including phenoxy) is 1. The van der Waals surface area contributed by atoms with Gasteiger partial charge in [0.15, 0.2) is 0 Å². The van der Waals surface area contributed by atoms with Gasteiger partial charge in [0.25, 0.3) is 0 Å². The van der Waals surface area contributed by atoms with Crippen molar-refractivity contribution >= 4 is 11.6 Å². The third kappa shape index (κ3) is 2.96. The van der Waals surface area contributed by atoms with Crippen LogP contribution in [0, 0.1) is 0 Å². The second kappa shape index (κ2) is 5.05. The molecule has 100 valence electrons. The molecule has 0 aliphatic heterocycles. The Balaban J connectivity index is 2.53. The lowest BCUT2D eigenvalue weighted by molar-refractivity contribution is -0.137. The molecule has 0 radical (unpaired) electrons. The number of rotatable bonds is 2. The predicted octanol–water partition coefficient (Wildman–Crippen LogP) is 3.82. The lowest BCUT2D eigenvalue weighted by Crippen LogP contribution is -2.05. The van der Waals surface area contributed by atoms with Gasteiger partial charge in [-0.3, -0.25) is 0 Å². The molecule has 2 rings (SSSR count). The highest BCUT2D eigenvalue weighted by Gasteiger charge is 2.31. The van der Waals surface area contributed by atoms with Gasteiger partial charge in [-0.2, -0.15) is 13.2 Å². The molecular formula is C12H8ClF3N2O. The predicted molar refractivity (Wildman–Crippen MR) is 64.0 cm³/mol. The van der Waals surface area contributed by atoms with Crippen LogP contribution in [0.4, 0.5) is 13.2 Å². The number of methoxy groups -OCH3 is 1. The fourth-order valence-electron chi connectivity index (χ4n) is 1.56. The van der Waals surface area contributed by atoms with Gasteiger partial charge in [0.1, 0.15) is 17.2 Å². The van der Waals surface area contributed by atoms with E-state index in [1.54, 1.807) is 0 Å². The molecule has 0 N–H and O–H groups in total. The molecule has 0 atom stereocenters. The topological polar surface area (TPSA) is 35.0 Å². The van der Waals surface area contributed by atoms with E-state index in [0.29, 0.717) is 11.3 Å². The highest BCUT2D eigenvalue weighted by molar-refractivity contribution is 6.29. The largest absolute Gasteiger partial charge is 0.496 e. The normalized spacial score (nSPS) is 11.4. The molecule has 1 aromatic heterocycles. The van der Waals surface area contributed by atoms with Crippen LogP contribution in [0.15, 0.2) is 30.6 Å². The molecule has 1 heterocycles. The van der Waals surface area contributed by atoms with Gasteiger partial charge in [0, 0.05) is 11.6 Å². The van der Waals surface area contributed by atoms with E-state index in [1.165, 1.54) is 25.6 Å². The van der Waals surface area contributed by atoms with Crippen LogP contribution in [0.3, 0.4) is 0 Å². The van der Waals surface area contributed by atoms with Gasteiger partial charge in [0.2, 0.25) is 0 Å². The molecule has 1 aromatic carbocycles. The first-order valence-corrected chi connectivity index (χ1v) is 5.53. The highest BCUT2D eigenvalue weighted by atomic mass is 35.5. The van der Waals surface area contributed by atoms with Crippen LogP contribution in [-0.2, 0) is 6.18 Å². The van der Waals surface area contributed by atoms with Gasteiger partial charge < -0.3 is 4.74 Å². The molecule has 7 heteroatoms. The summed E-state index contributed by atoms with van der Waals surface area (Å²) in [7, 11) is 1.29. The molecule has 0 aliphatic carbocycles. The first-order valence-electron chi connectivity index (χ1n) is 5.15. The fourth-order valence-corrected chi connectivity index (χ4v) is 1.71. The molecule has 0 saturated heterocycles. The number of hydrogen-bond donors (Lipinski definition) is 0. The zero-order valence-electron chi connectivity index (χ0n) is 9.70. The second-order valence-corrected chi connectivity index (χ2v) is 4.03.